The molecule has 22 heavy (non-hydrogen) atoms. The highest BCUT2D eigenvalue weighted by atomic mass is 35.5. The van der Waals surface area contributed by atoms with E-state index < -0.39 is 0 Å². The van der Waals surface area contributed by atoms with Gasteiger partial charge in [0.1, 0.15) is 11.5 Å². The Hall–Kier alpha value is -2.46. The quantitative estimate of drug-likeness (QED) is 0.798. The van der Waals surface area contributed by atoms with Gasteiger partial charge in [-0.1, -0.05) is 23.7 Å². The number of ether oxygens (including phenoxy) is 2. The monoisotopic (exact) mass is 315 g/mol. The van der Waals surface area contributed by atoms with E-state index in [0.29, 0.717) is 21.9 Å². The van der Waals surface area contributed by atoms with E-state index in [1.807, 2.05) is 24.3 Å². The summed E-state index contributed by atoms with van der Waals surface area (Å²) in [6, 6.07) is 12.6. The molecular formula is C17H14ClNO3. The number of methoxy groups -OCH3 is 2. The number of aromatic amines is 1. The number of nitrogens with one attached hydrogen (secondary N) is 1. The van der Waals surface area contributed by atoms with Crippen LogP contribution in [0.5, 0.6) is 11.5 Å². The molecule has 0 radical (unpaired) electrons. The summed E-state index contributed by atoms with van der Waals surface area (Å²) < 4.78 is 10.3. The number of fused-ring (bicyclic) bond motifs is 1. The predicted octanol–water partition coefficient (Wildman–Crippen LogP) is 3.87. The van der Waals surface area contributed by atoms with Crippen LogP contribution in [0.25, 0.3) is 22.0 Å². The number of hydrogen-bond acceptors (Lipinski definition) is 3. The van der Waals surface area contributed by atoms with Crippen molar-refractivity contribution in [3.63, 3.8) is 0 Å². The molecule has 0 bridgehead atoms. The van der Waals surface area contributed by atoms with Crippen LogP contribution in [-0.2, 0) is 0 Å². The van der Waals surface area contributed by atoms with Crippen molar-refractivity contribution >= 4 is 22.5 Å². The lowest BCUT2D eigenvalue weighted by atomic mass is 10.0. The van der Waals surface area contributed by atoms with Gasteiger partial charge >= 0.3 is 0 Å². The average molecular weight is 316 g/mol. The molecule has 1 heterocycles. The van der Waals surface area contributed by atoms with Crippen molar-refractivity contribution in [3.8, 4) is 22.6 Å². The summed E-state index contributed by atoms with van der Waals surface area (Å²) in [5.41, 5.74) is 1.59. The van der Waals surface area contributed by atoms with E-state index in [4.69, 9.17) is 21.1 Å². The van der Waals surface area contributed by atoms with Crippen LogP contribution in [0.1, 0.15) is 0 Å². The first kappa shape index (κ1) is 14.5. The van der Waals surface area contributed by atoms with Crippen LogP contribution in [0, 0.1) is 0 Å². The minimum atomic E-state index is -0.240. The Labute approximate surface area is 132 Å². The topological polar surface area (TPSA) is 51.3 Å². The molecule has 2 aromatic carbocycles. The fourth-order valence-electron chi connectivity index (χ4n) is 2.38. The van der Waals surface area contributed by atoms with Crippen LogP contribution in [-0.4, -0.2) is 19.2 Å². The van der Waals surface area contributed by atoms with E-state index in [1.165, 1.54) is 0 Å². The first-order chi connectivity index (χ1) is 10.6. The predicted molar refractivity (Wildman–Crippen MR) is 88.1 cm³/mol. The van der Waals surface area contributed by atoms with Crippen molar-refractivity contribution in [2.24, 2.45) is 0 Å². The van der Waals surface area contributed by atoms with Gasteiger partial charge in [0.2, 0.25) is 0 Å². The smallest absolute Gasteiger partial charge is 0.257 e. The maximum atomic E-state index is 12.4. The van der Waals surface area contributed by atoms with Crippen molar-refractivity contribution in [1.29, 1.82) is 0 Å². The van der Waals surface area contributed by atoms with Crippen molar-refractivity contribution in [2.75, 3.05) is 14.2 Å². The van der Waals surface area contributed by atoms with Crippen LogP contribution in [0.4, 0.5) is 0 Å². The Morgan fingerprint density at radius 1 is 0.955 bits per heavy atom. The zero-order valence-corrected chi connectivity index (χ0v) is 12.9. The van der Waals surface area contributed by atoms with Crippen molar-refractivity contribution < 1.29 is 9.47 Å². The molecule has 0 aliphatic heterocycles. The maximum absolute atomic E-state index is 12.4. The molecule has 0 unspecified atom stereocenters. The second-order valence-electron chi connectivity index (χ2n) is 4.78. The van der Waals surface area contributed by atoms with E-state index in [1.54, 1.807) is 32.4 Å². The molecular weight excluding hydrogens is 302 g/mol. The number of aromatic nitrogens is 1. The lowest BCUT2D eigenvalue weighted by molar-refractivity contribution is 0.415. The number of pyridine rings is 1. The highest BCUT2D eigenvalue weighted by Crippen LogP contribution is 2.32. The molecule has 0 fully saturated rings. The fraction of sp³-hybridized carbons (Fsp3) is 0.118. The third-order valence-electron chi connectivity index (χ3n) is 3.54. The lowest BCUT2D eigenvalue weighted by Gasteiger charge is -2.09. The maximum Gasteiger partial charge on any atom is 0.257 e. The van der Waals surface area contributed by atoms with Crippen LogP contribution in [0.3, 0.4) is 0 Å². The summed E-state index contributed by atoms with van der Waals surface area (Å²) in [4.78, 5) is 15.2. The molecule has 3 aromatic rings. The van der Waals surface area contributed by atoms with Gasteiger partial charge in [-0.2, -0.15) is 0 Å². The standard InChI is InChI=1S/C17H14ClNO3/c1-21-11-5-3-10(4-6-11)15-16(18)13-8-7-12(22-2)9-14(13)19-17(15)20/h3-9H,1-2H3,(H,19,20). The fourth-order valence-corrected chi connectivity index (χ4v) is 2.74. The third-order valence-corrected chi connectivity index (χ3v) is 3.93. The molecule has 1 aromatic heterocycles. The van der Waals surface area contributed by atoms with Crippen LogP contribution >= 0.6 is 11.6 Å². The minimum absolute atomic E-state index is 0.240. The summed E-state index contributed by atoms with van der Waals surface area (Å²) in [5.74, 6) is 1.39. The highest BCUT2D eigenvalue weighted by molar-refractivity contribution is 6.38. The molecule has 0 aliphatic carbocycles. The first-order valence-corrected chi connectivity index (χ1v) is 7.06. The second kappa shape index (κ2) is 5.73. The molecule has 112 valence electrons. The van der Waals surface area contributed by atoms with Gasteiger partial charge in [-0.05, 0) is 29.8 Å². The van der Waals surface area contributed by atoms with Gasteiger partial charge in [-0.25, -0.2) is 0 Å². The van der Waals surface area contributed by atoms with E-state index in [2.05, 4.69) is 4.98 Å². The molecule has 0 amide bonds. The van der Waals surface area contributed by atoms with Gasteiger partial charge in [0.25, 0.3) is 5.56 Å². The molecule has 1 N–H and O–H groups in total. The van der Waals surface area contributed by atoms with Gasteiger partial charge in [0.15, 0.2) is 0 Å². The van der Waals surface area contributed by atoms with E-state index in [-0.39, 0.29) is 5.56 Å². The van der Waals surface area contributed by atoms with E-state index in [9.17, 15) is 4.79 Å². The molecule has 5 heteroatoms. The summed E-state index contributed by atoms with van der Waals surface area (Å²) in [6.45, 7) is 0. The Kier molecular flexibility index (Phi) is 3.77. The van der Waals surface area contributed by atoms with Gasteiger partial charge in [0.05, 0.1) is 30.3 Å². The summed E-state index contributed by atoms with van der Waals surface area (Å²) in [6.07, 6.45) is 0. The zero-order valence-electron chi connectivity index (χ0n) is 12.1. The number of rotatable bonds is 3. The summed E-state index contributed by atoms with van der Waals surface area (Å²) >= 11 is 6.46. The van der Waals surface area contributed by atoms with Crippen LogP contribution in [0.15, 0.2) is 47.3 Å². The van der Waals surface area contributed by atoms with Crippen LogP contribution < -0.4 is 15.0 Å². The van der Waals surface area contributed by atoms with E-state index in [0.717, 1.165) is 16.7 Å². The molecule has 0 aliphatic rings. The molecule has 3 rings (SSSR count). The third kappa shape index (κ3) is 2.42. The normalized spacial score (nSPS) is 10.7. The highest BCUT2D eigenvalue weighted by Gasteiger charge is 2.13. The van der Waals surface area contributed by atoms with Crippen molar-refractivity contribution in [1.82, 2.24) is 4.98 Å². The molecule has 4 nitrogen and oxygen atoms in total. The van der Waals surface area contributed by atoms with Crippen LogP contribution in [0.2, 0.25) is 5.02 Å². The molecule has 0 saturated heterocycles. The minimum Gasteiger partial charge on any atom is -0.497 e. The summed E-state index contributed by atoms with van der Waals surface area (Å²) in [7, 11) is 3.17. The molecule has 0 spiro atoms. The number of H-pyrrole nitrogens is 1. The largest absolute Gasteiger partial charge is 0.497 e. The van der Waals surface area contributed by atoms with Crippen molar-refractivity contribution in [2.45, 2.75) is 0 Å². The lowest BCUT2D eigenvalue weighted by Crippen LogP contribution is -2.10. The summed E-state index contributed by atoms with van der Waals surface area (Å²) in [5, 5.41) is 1.19. The second-order valence-corrected chi connectivity index (χ2v) is 5.16. The Morgan fingerprint density at radius 3 is 2.23 bits per heavy atom. The van der Waals surface area contributed by atoms with Crippen molar-refractivity contribution in [3.05, 3.63) is 57.8 Å². The Bertz CT molecular complexity index is 885. The van der Waals surface area contributed by atoms with Gasteiger partial charge < -0.3 is 14.5 Å². The number of benzene rings is 2. The van der Waals surface area contributed by atoms with E-state index >= 15 is 0 Å². The SMILES string of the molecule is COc1ccc(-c2c(Cl)c3ccc(OC)cc3[nH]c2=O)cc1. The molecule has 0 saturated carbocycles. The molecule has 0 atom stereocenters. The Morgan fingerprint density at radius 2 is 1.59 bits per heavy atom. The number of halogens is 1. The zero-order chi connectivity index (χ0) is 15.7. The van der Waals surface area contributed by atoms with Gasteiger partial charge in [-0.15, -0.1) is 0 Å². The first-order valence-electron chi connectivity index (χ1n) is 6.68. The number of hydrogen-bond donors (Lipinski definition) is 1. The Balaban J connectivity index is 2.23. The average Bonchev–Trinajstić information content (AvgIpc) is 2.55. The van der Waals surface area contributed by atoms with Gasteiger partial charge in [0, 0.05) is 11.5 Å². The van der Waals surface area contributed by atoms with Gasteiger partial charge in [-0.3, -0.25) is 4.79 Å².